The molecule has 0 radical (unpaired) electrons. The predicted molar refractivity (Wildman–Crippen MR) is 84.9 cm³/mol. The van der Waals surface area contributed by atoms with Gasteiger partial charge in [0.2, 0.25) is 0 Å². The molecule has 0 fully saturated rings. The average molecular weight is 370 g/mol. The summed E-state index contributed by atoms with van der Waals surface area (Å²) in [5.74, 6) is -1.64. The van der Waals surface area contributed by atoms with Gasteiger partial charge >= 0.3 is 5.97 Å². The molecule has 0 unspecified atom stereocenters. The zero-order valence-electron chi connectivity index (χ0n) is 10.6. The summed E-state index contributed by atoms with van der Waals surface area (Å²) in [6.07, 6.45) is 0. The molecular formula is C14H10BrClN2O3. The summed E-state index contributed by atoms with van der Waals surface area (Å²) in [6.45, 7) is 0. The molecule has 4 N–H and O–H groups in total. The summed E-state index contributed by atoms with van der Waals surface area (Å²) >= 11 is 9.15. The summed E-state index contributed by atoms with van der Waals surface area (Å²) in [4.78, 5) is 23.3. The van der Waals surface area contributed by atoms with Gasteiger partial charge in [-0.05, 0) is 52.3 Å². The van der Waals surface area contributed by atoms with Crippen molar-refractivity contribution >= 4 is 50.8 Å². The van der Waals surface area contributed by atoms with E-state index in [0.29, 0.717) is 20.7 Å². The molecule has 0 spiro atoms. The number of anilines is 2. The highest BCUT2D eigenvalue weighted by molar-refractivity contribution is 9.10. The van der Waals surface area contributed by atoms with Gasteiger partial charge in [-0.1, -0.05) is 11.6 Å². The van der Waals surface area contributed by atoms with Gasteiger partial charge in [0.05, 0.1) is 16.3 Å². The monoisotopic (exact) mass is 368 g/mol. The Hall–Kier alpha value is -2.05. The van der Waals surface area contributed by atoms with Crippen LogP contribution in [0, 0.1) is 0 Å². The third-order valence-corrected chi connectivity index (χ3v) is 3.94. The van der Waals surface area contributed by atoms with Gasteiger partial charge < -0.3 is 16.2 Å². The normalized spacial score (nSPS) is 10.2. The summed E-state index contributed by atoms with van der Waals surface area (Å²) in [6, 6.07) is 8.93. The Morgan fingerprint density at radius 1 is 1.19 bits per heavy atom. The van der Waals surface area contributed by atoms with Crippen molar-refractivity contribution in [2.75, 3.05) is 11.1 Å². The quantitative estimate of drug-likeness (QED) is 0.720. The van der Waals surface area contributed by atoms with Gasteiger partial charge in [0.1, 0.15) is 0 Å². The van der Waals surface area contributed by atoms with E-state index in [1.54, 1.807) is 12.1 Å². The van der Waals surface area contributed by atoms with Gasteiger partial charge in [-0.3, -0.25) is 4.79 Å². The number of halogens is 2. The van der Waals surface area contributed by atoms with Crippen molar-refractivity contribution in [3.63, 3.8) is 0 Å². The van der Waals surface area contributed by atoms with Crippen LogP contribution in [0.15, 0.2) is 40.9 Å². The first-order valence-electron chi connectivity index (χ1n) is 5.77. The van der Waals surface area contributed by atoms with E-state index < -0.39 is 11.9 Å². The highest BCUT2D eigenvalue weighted by atomic mass is 79.9. The van der Waals surface area contributed by atoms with Crippen LogP contribution in [0.2, 0.25) is 5.02 Å². The van der Waals surface area contributed by atoms with Crippen LogP contribution in [0.25, 0.3) is 0 Å². The van der Waals surface area contributed by atoms with Crippen molar-refractivity contribution in [3.8, 4) is 0 Å². The minimum absolute atomic E-state index is 0.0773. The van der Waals surface area contributed by atoms with Crippen LogP contribution in [-0.2, 0) is 0 Å². The van der Waals surface area contributed by atoms with E-state index in [2.05, 4.69) is 21.2 Å². The third-order valence-electron chi connectivity index (χ3n) is 2.70. The van der Waals surface area contributed by atoms with E-state index in [1.165, 1.54) is 24.3 Å². The number of carbonyl (C=O) groups excluding carboxylic acids is 1. The van der Waals surface area contributed by atoms with Gasteiger partial charge in [0.15, 0.2) is 0 Å². The molecule has 0 heterocycles. The predicted octanol–water partition coefficient (Wildman–Crippen LogP) is 3.64. The molecule has 2 rings (SSSR count). The molecule has 21 heavy (non-hydrogen) atoms. The van der Waals surface area contributed by atoms with Crippen LogP contribution < -0.4 is 11.1 Å². The van der Waals surface area contributed by atoms with Crippen LogP contribution >= 0.6 is 27.5 Å². The standard InChI is InChI=1S/C14H10BrClN2O3/c15-10-3-1-7(5-11(10)16)13(19)18-12-4-2-8(17)6-9(12)14(20)21/h1-6H,17H2,(H,18,19)(H,20,21). The van der Waals surface area contributed by atoms with Gasteiger partial charge in [0, 0.05) is 15.7 Å². The van der Waals surface area contributed by atoms with Crippen LogP contribution in [0.3, 0.4) is 0 Å². The fourth-order valence-electron chi connectivity index (χ4n) is 1.68. The fraction of sp³-hybridized carbons (Fsp3) is 0. The number of amides is 1. The topological polar surface area (TPSA) is 92.4 Å². The van der Waals surface area contributed by atoms with Crippen molar-refractivity contribution in [1.82, 2.24) is 0 Å². The summed E-state index contributed by atoms with van der Waals surface area (Å²) in [7, 11) is 0. The van der Waals surface area contributed by atoms with Crippen molar-refractivity contribution < 1.29 is 14.7 Å². The van der Waals surface area contributed by atoms with Crippen molar-refractivity contribution in [2.24, 2.45) is 0 Å². The van der Waals surface area contributed by atoms with Gasteiger partial charge in [0.25, 0.3) is 5.91 Å². The molecule has 0 bridgehead atoms. The number of carbonyl (C=O) groups is 2. The number of nitrogens with two attached hydrogens (primary N) is 1. The summed E-state index contributed by atoms with van der Waals surface area (Å²) in [5.41, 5.74) is 6.25. The lowest BCUT2D eigenvalue weighted by Gasteiger charge is -2.09. The highest BCUT2D eigenvalue weighted by Crippen LogP contribution is 2.24. The summed E-state index contributed by atoms with van der Waals surface area (Å²) < 4.78 is 0.666. The number of rotatable bonds is 3. The van der Waals surface area contributed by atoms with Crippen molar-refractivity contribution in [1.29, 1.82) is 0 Å². The fourth-order valence-corrected chi connectivity index (χ4v) is 2.11. The Morgan fingerprint density at radius 2 is 1.90 bits per heavy atom. The summed E-state index contributed by atoms with van der Waals surface area (Å²) in [5, 5.41) is 12.0. The Balaban J connectivity index is 2.31. The zero-order valence-corrected chi connectivity index (χ0v) is 12.9. The number of carboxylic acids is 1. The molecule has 2 aromatic rings. The number of nitrogens with one attached hydrogen (secondary N) is 1. The van der Waals surface area contributed by atoms with E-state index in [4.69, 9.17) is 22.4 Å². The number of benzene rings is 2. The molecule has 0 saturated carbocycles. The van der Waals surface area contributed by atoms with Crippen LogP contribution in [-0.4, -0.2) is 17.0 Å². The number of carboxylic acid groups (broad SMARTS) is 1. The van der Waals surface area contributed by atoms with Crippen molar-refractivity contribution in [2.45, 2.75) is 0 Å². The second-order valence-electron chi connectivity index (χ2n) is 4.19. The molecule has 0 aromatic heterocycles. The third kappa shape index (κ3) is 3.53. The largest absolute Gasteiger partial charge is 0.478 e. The molecule has 1 amide bonds. The van der Waals surface area contributed by atoms with E-state index in [1.807, 2.05) is 0 Å². The van der Waals surface area contributed by atoms with E-state index >= 15 is 0 Å². The second kappa shape index (κ2) is 6.15. The molecule has 7 heteroatoms. The molecule has 2 aromatic carbocycles. The van der Waals surface area contributed by atoms with E-state index in [9.17, 15) is 9.59 Å². The smallest absolute Gasteiger partial charge is 0.337 e. The number of hydrogen-bond donors (Lipinski definition) is 3. The maximum atomic E-state index is 12.1. The molecule has 0 aliphatic heterocycles. The lowest BCUT2D eigenvalue weighted by Crippen LogP contribution is -2.15. The Labute approximate surface area is 133 Å². The zero-order chi connectivity index (χ0) is 15.6. The van der Waals surface area contributed by atoms with Gasteiger partial charge in [-0.25, -0.2) is 4.79 Å². The maximum absolute atomic E-state index is 12.1. The lowest BCUT2D eigenvalue weighted by molar-refractivity contribution is 0.0698. The number of aromatic carboxylic acids is 1. The van der Waals surface area contributed by atoms with Crippen LogP contribution in [0.5, 0.6) is 0 Å². The average Bonchev–Trinajstić information content (AvgIpc) is 2.43. The van der Waals surface area contributed by atoms with Gasteiger partial charge in [-0.2, -0.15) is 0 Å². The first-order chi connectivity index (χ1) is 9.88. The highest BCUT2D eigenvalue weighted by Gasteiger charge is 2.14. The molecule has 108 valence electrons. The minimum Gasteiger partial charge on any atom is -0.478 e. The number of nitrogen functional groups attached to an aromatic ring is 1. The van der Waals surface area contributed by atoms with Crippen molar-refractivity contribution in [3.05, 3.63) is 57.0 Å². The first kappa shape index (κ1) is 15.3. The molecular weight excluding hydrogens is 360 g/mol. The Kier molecular flexibility index (Phi) is 4.50. The Bertz CT molecular complexity index is 734. The minimum atomic E-state index is -1.17. The molecule has 0 aliphatic rings. The Morgan fingerprint density at radius 3 is 2.52 bits per heavy atom. The van der Waals surface area contributed by atoms with Crippen LogP contribution in [0.1, 0.15) is 20.7 Å². The van der Waals surface area contributed by atoms with Gasteiger partial charge in [-0.15, -0.1) is 0 Å². The molecule has 5 nitrogen and oxygen atoms in total. The molecule has 0 atom stereocenters. The number of hydrogen-bond acceptors (Lipinski definition) is 3. The maximum Gasteiger partial charge on any atom is 0.337 e. The molecule has 0 saturated heterocycles. The van der Waals surface area contributed by atoms with Crippen LogP contribution in [0.4, 0.5) is 11.4 Å². The SMILES string of the molecule is Nc1ccc(NC(=O)c2ccc(Br)c(Cl)c2)c(C(=O)O)c1. The van der Waals surface area contributed by atoms with E-state index in [0.717, 1.165) is 0 Å². The lowest BCUT2D eigenvalue weighted by atomic mass is 10.1. The molecule has 0 aliphatic carbocycles. The second-order valence-corrected chi connectivity index (χ2v) is 5.45. The van der Waals surface area contributed by atoms with E-state index in [-0.39, 0.29) is 11.3 Å². The first-order valence-corrected chi connectivity index (χ1v) is 6.95.